The van der Waals surface area contributed by atoms with Crippen LogP contribution in [0.15, 0.2) is 11.1 Å². The third-order valence-electron chi connectivity index (χ3n) is 26.0. The summed E-state index contributed by atoms with van der Waals surface area (Å²) in [5.41, 5.74) is -1.66. The van der Waals surface area contributed by atoms with Crippen molar-refractivity contribution in [1.82, 2.24) is 0 Å². The van der Waals surface area contributed by atoms with E-state index in [2.05, 4.69) is 83.1 Å². The van der Waals surface area contributed by atoms with Crippen LogP contribution in [0.4, 0.5) is 0 Å². The SMILES string of the molecule is CC(=O)OC[C@@]1(C(=O)C(=O)C(=O)C(C)C)CC[C@]2(C)[C@H](CC[C@@H]3[C@@]4(C)CC[C@H](OC(C)=O)C(C)(C)[C@@H]4CC[C@]32C)C1=O.CC(=O)O[C@H]1CC[C@]2(C)[C@H]3CC[C@@H]4C5=C(C(C)C)C(=O)C[C@]5(C(=O)O)CC[C@@]4(C)[C@]3(C)CC[C@H]2C1(C)C. The Morgan fingerprint density at radius 1 is 0.532 bits per heavy atom. The fourth-order valence-corrected chi connectivity index (χ4v) is 21.6. The lowest BCUT2D eigenvalue weighted by Gasteiger charge is -2.72. The zero-order valence-corrected chi connectivity index (χ0v) is 51.3. The molecule has 13 heteroatoms. The Morgan fingerprint density at radius 3 is 1.42 bits per heavy atom. The van der Waals surface area contributed by atoms with Gasteiger partial charge in [0, 0.05) is 49.9 Å². The molecule has 0 unspecified atom stereocenters. The van der Waals surface area contributed by atoms with Crippen LogP contribution in [0.3, 0.4) is 0 Å². The second-order valence-electron chi connectivity index (χ2n) is 30.5. The molecule has 0 bridgehead atoms. The molecule has 0 amide bonds. The van der Waals surface area contributed by atoms with Crippen molar-refractivity contribution in [2.75, 3.05) is 6.61 Å². The molecule has 9 aliphatic carbocycles. The number of ether oxygens (including phenoxy) is 3. The minimum absolute atomic E-state index is 0.00801. The van der Waals surface area contributed by atoms with Crippen LogP contribution in [0.2, 0.25) is 0 Å². The van der Waals surface area contributed by atoms with Gasteiger partial charge < -0.3 is 19.3 Å². The maximum Gasteiger partial charge on any atom is 0.314 e. The molecular formula is C66H98O13. The molecule has 0 radical (unpaired) electrons. The number of esters is 3. The molecule has 0 aromatic rings. The highest BCUT2D eigenvalue weighted by molar-refractivity contribution is 6.66. The number of allylic oxidation sites excluding steroid dienone is 1. The standard InChI is InChI=1S/C34H50O8.C32H48O5/c1-19(2)26(37)27(38)29(40)34(18-41-20(3)35)17-16-32(8)22(28(34)39)10-11-24-31(7)14-13-25(42-21(4)36)30(5,6)23(31)12-15-33(24,32)9;1-18(2)25-21(34)17-32(27(35)36)16-15-30(7)20(26(25)32)9-10-23-29(6)13-12-24(37-19(3)33)28(4,5)22(29)11-14-31(23,30)8/h19,22-25H,10-18H2,1-9H3;18,20,22-24H,9-17H2,1-8H3,(H,35,36)/t22-,23+,24-,25+,31+,32-,33-,34+;20-,22+,23-,24+,29+,30-,31-,32-/m11/s1. The van der Waals surface area contributed by atoms with Crippen molar-refractivity contribution in [3.63, 3.8) is 0 Å². The first kappa shape index (κ1) is 61.1. The number of carbonyl (C=O) groups is 9. The van der Waals surface area contributed by atoms with Crippen molar-refractivity contribution in [3.05, 3.63) is 11.1 Å². The first-order valence-electron chi connectivity index (χ1n) is 30.5. The van der Waals surface area contributed by atoms with E-state index in [1.165, 1.54) is 20.8 Å². The first-order valence-corrected chi connectivity index (χ1v) is 30.5. The average molecular weight is 1100 g/mol. The number of hydrogen-bond acceptors (Lipinski definition) is 12. The van der Waals surface area contributed by atoms with E-state index in [-0.39, 0.29) is 98.3 Å². The Balaban J connectivity index is 0.000000209. The number of hydrogen-bond donors (Lipinski definition) is 1. The second kappa shape index (κ2) is 20.1. The molecule has 0 heterocycles. The van der Waals surface area contributed by atoms with Crippen LogP contribution in [0.25, 0.3) is 0 Å². The summed E-state index contributed by atoms with van der Waals surface area (Å²) in [4.78, 5) is 116. The van der Waals surface area contributed by atoms with E-state index >= 15 is 0 Å². The van der Waals surface area contributed by atoms with Crippen LogP contribution in [0.5, 0.6) is 0 Å². The van der Waals surface area contributed by atoms with Gasteiger partial charge in [0.1, 0.15) is 24.2 Å². The smallest absolute Gasteiger partial charge is 0.314 e. The molecular weight excluding hydrogens is 1000 g/mol. The first-order chi connectivity index (χ1) is 36.4. The van der Waals surface area contributed by atoms with Crippen LogP contribution in [-0.2, 0) is 57.4 Å². The van der Waals surface area contributed by atoms with E-state index in [0.717, 1.165) is 88.2 Å². The molecule has 13 nitrogen and oxygen atoms in total. The molecule has 79 heavy (non-hydrogen) atoms. The number of carboxylic acids is 1. The lowest BCUT2D eigenvalue weighted by atomic mass is 9.33. The molecule has 0 spiro atoms. The molecule has 9 rings (SSSR count). The molecule has 8 fully saturated rings. The Bertz CT molecular complexity index is 2620. The van der Waals surface area contributed by atoms with Gasteiger partial charge in [0.15, 0.2) is 11.6 Å². The summed E-state index contributed by atoms with van der Waals surface area (Å²) in [7, 11) is 0. The lowest BCUT2D eigenvalue weighted by Crippen LogP contribution is -2.68. The number of carbonyl (C=O) groups excluding carboxylic acids is 8. The van der Waals surface area contributed by atoms with E-state index in [1.807, 2.05) is 0 Å². The Labute approximate surface area is 471 Å². The molecule has 1 N–H and O–H groups in total. The van der Waals surface area contributed by atoms with Crippen molar-refractivity contribution >= 4 is 52.8 Å². The summed E-state index contributed by atoms with van der Waals surface area (Å²) in [6, 6.07) is 0. The van der Waals surface area contributed by atoms with Gasteiger partial charge in [-0.1, -0.05) is 96.9 Å². The third kappa shape index (κ3) is 8.77. The Kier molecular flexibility index (Phi) is 15.5. The maximum atomic E-state index is 14.5. The summed E-state index contributed by atoms with van der Waals surface area (Å²) in [5.74, 6) is -4.39. The van der Waals surface area contributed by atoms with Crippen molar-refractivity contribution < 1.29 is 62.5 Å². The predicted molar refractivity (Wildman–Crippen MR) is 298 cm³/mol. The highest BCUT2D eigenvalue weighted by Crippen LogP contribution is 2.78. The van der Waals surface area contributed by atoms with Crippen LogP contribution >= 0.6 is 0 Å². The highest BCUT2D eigenvalue weighted by atomic mass is 16.5. The topological polar surface area (TPSA) is 202 Å². The Morgan fingerprint density at radius 2 is 0.987 bits per heavy atom. The van der Waals surface area contributed by atoms with Gasteiger partial charge in [0.05, 0.1) is 5.41 Å². The number of Topliss-reactive ketones (excluding diaryl/α,β-unsaturated/α-hetero) is 5. The molecule has 0 aromatic heterocycles. The summed E-state index contributed by atoms with van der Waals surface area (Å²) in [5, 5.41) is 10.5. The number of rotatable bonds is 10. The maximum absolute atomic E-state index is 14.5. The van der Waals surface area contributed by atoms with Gasteiger partial charge >= 0.3 is 23.9 Å². The lowest BCUT2D eigenvalue weighted by molar-refractivity contribution is -0.236. The van der Waals surface area contributed by atoms with Gasteiger partial charge in [-0.2, -0.15) is 0 Å². The fourth-order valence-electron chi connectivity index (χ4n) is 21.6. The van der Waals surface area contributed by atoms with Crippen molar-refractivity contribution in [2.24, 2.45) is 101 Å². The van der Waals surface area contributed by atoms with Crippen LogP contribution in [0.1, 0.15) is 227 Å². The van der Waals surface area contributed by atoms with Gasteiger partial charge in [-0.15, -0.1) is 0 Å². The zero-order valence-electron chi connectivity index (χ0n) is 51.3. The molecule has 9 aliphatic rings. The third-order valence-corrected chi connectivity index (χ3v) is 26.0. The summed E-state index contributed by atoms with van der Waals surface area (Å²) in [6.45, 7) is 34.4. The summed E-state index contributed by atoms with van der Waals surface area (Å²) >= 11 is 0. The number of carboxylic acid groups (broad SMARTS) is 1. The molecule has 0 saturated heterocycles. The van der Waals surface area contributed by atoms with Crippen LogP contribution in [-0.4, -0.2) is 76.7 Å². The molecule has 0 aliphatic heterocycles. The minimum Gasteiger partial charge on any atom is -0.481 e. The number of aliphatic carboxylic acids is 1. The van der Waals surface area contributed by atoms with E-state index in [9.17, 15) is 48.3 Å². The quantitative estimate of drug-likeness (QED) is 0.0938. The molecule has 440 valence electrons. The second-order valence-corrected chi connectivity index (χ2v) is 30.5. The predicted octanol–water partition coefficient (Wildman–Crippen LogP) is 12.5. The van der Waals surface area contributed by atoms with E-state index < -0.39 is 64.0 Å². The molecule has 16 atom stereocenters. The number of fused-ring (bicyclic) bond motifs is 12. The monoisotopic (exact) mass is 1100 g/mol. The normalized spacial score (nSPS) is 43.4. The highest BCUT2D eigenvalue weighted by Gasteiger charge is 2.73. The van der Waals surface area contributed by atoms with Crippen LogP contribution < -0.4 is 0 Å². The summed E-state index contributed by atoms with van der Waals surface area (Å²) < 4.78 is 17.0. The fraction of sp³-hybridized carbons (Fsp3) is 0.833. The molecule has 8 saturated carbocycles. The molecule has 0 aromatic carbocycles. The van der Waals surface area contributed by atoms with Gasteiger partial charge in [-0.05, 0) is 182 Å². The van der Waals surface area contributed by atoms with E-state index in [0.29, 0.717) is 42.9 Å². The van der Waals surface area contributed by atoms with E-state index in [4.69, 9.17) is 14.2 Å². The summed E-state index contributed by atoms with van der Waals surface area (Å²) in [6.07, 6.45) is 13.3. The van der Waals surface area contributed by atoms with Crippen LogP contribution in [0, 0.1) is 101 Å². The van der Waals surface area contributed by atoms with Gasteiger partial charge in [0.2, 0.25) is 11.6 Å². The van der Waals surface area contributed by atoms with Crippen molar-refractivity contribution in [2.45, 2.75) is 239 Å². The van der Waals surface area contributed by atoms with Crippen molar-refractivity contribution in [1.29, 1.82) is 0 Å². The number of ketones is 5. The average Bonchev–Trinajstić information content (AvgIpc) is 3.71. The van der Waals surface area contributed by atoms with E-state index in [1.54, 1.807) is 13.8 Å². The van der Waals surface area contributed by atoms with Gasteiger partial charge in [-0.3, -0.25) is 43.2 Å². The zero-order chi connectivity index (χ0) is 59.0. The minimum atomic E-state index is -1.83. The largest absolute Gasteiger partial charge is 0.481 e. The van der Waals surface area contributed by atoms with Crippen molar-refractivity contribution in [3.8, 4) is 0 Å². The van der Waals surface area contributed by atoms with Gasteiger partial charge in [-0.25, -0.2) is 0 Å². The van der Waals surface area contributed by atoms with Gasteiger partial charge in [0.25, 0.3) is 5.78 Å². The Hall–Kier alpha value is -4.03.